The van der Waals surface area contributed by atoms with Crippen molar-refractivity contribution in [1.82, 2.24) is 0 Å². The average Bonchev–Trinajstić information content (AvgIpc) is 3.38. The Labute approximate surface area is 180 Å². The largest absolute Gasteiger partial charge is 0.481 e. The Kier molecular flexibility index (Phi) is 4.16. The quantitative estimate of drug-likeness (QED) is 0.662. The molecular weight excluding hydrogens is 403 g/mol. The Balaban J connectivity index is 1.55. The second-order valence-electron chi connectivity index (χ2n) is 10.7. The van der Waals surface area contributed by atoms with Crippen LogP contribution in [0.25, 0.3) is 0 Å². The molecule has 4 aliphatic carbocycles. The van der Waals surface area contributed by atoms with E-state index in [0.717, 1.165) is 0 Å². The van der Waals surface area contributed by atoms with Crippen molar-refractivity contribution in [2.45, 2.75) is 76.4 Å². The Morgan fingerprint density at radius 3 is 2.61 bits per heavy atom. The van der Waals surface area contributed by atoms with Gasteiger partial charge in [0.05, 0.1) is 12.5 Å². The molecule has 3 saturated carbocycles. The van der Waals surface area contributed by atoms with E-state index in [0.29, 0.717) is 18.4 Å². The average molecular weight is 432 g/mol. The number of carboxylic acid groups (broad SMARTS) is 1. The van der Waals surface area contributed by atoms with Gasteiger partial charge >= 0.3 is 5.97 Å². The van der Waals surface area contributed by atoms with Gasteiger partial charge in [-0.1, -0.05) is 19.9 Å². The zero-order chi connectivity index (χ0) is 22.6. The lowest BCUT2D eigenvalue weighted by Crippen LogP contribution is -2.63. The van der Waals surface area contributed by atoms with Gasteiger partial charge in [-0.25, -0.2) is 4.39 Å². The molecule has 2 N–H and O–H groups in total. The van der Waals surface area contributed by atoms with E-state index in [4.69, 9.17) is 9.84 Å². The first-order valence-corrected chi connectivity index (χ1v) is 11.2. The Morgan fingerprint density at radius 1 is 1.23 bits per heavy atom. The number of ether oxygens (including phenoxy) is 1. The first-order valence-electron chi connectivity index (χ1n) is 11.2. The number of epoxide rings is 1. The minimum atomic E-state index is -1.66. The maximum Gasteiger partial charge on any atom is 0.303 e. The van der Waals surface area contributed by atoms with E-state index in [1.807, 2.05) is 20.8 Å². The van der Waals surface area contributed by atoms with Gasteiger partial charge in [0.2, 0.25) is 0 Å². The van der Waals surface area contributed by atoms with Crippen LogP contribution in [-0.2, 0) is 19.1 Å². The van der Waals surface area contributed by atoms with Gasteiger partial charge in [0.15, 0.2) is 11.6 Å². The first kappa shape index (κ1) is 21.0. The molecule has 6 nitrogen and oxygen atoms in total. The molecule has 5 rings (SSSR count). The fourth-order valence-electron chi connectivity index (χ4n) is 7.98. The van der Waals surface area contributed by atoms with E-state index < -0.39 is 40.0 Å². The number of Topliss-reactive ketones (excluding diaryl/α,β-unsaturated/α-hetero) is 1. The Morgan fingerprint density at radius 2 is 1.94 bits per heavy atom. The molecule has 0 aromatic carbocycles. The summed E-state index contributed by atoms with van der Waals surface area (Å²) in [7, 11) is 0. The minimum Gasteiger partial charge on any atom is -0.481 e. The molecule has 0 aromatic rings. The summed E-state index contributed by atoms with van der Waals surface area (Å²) in [6.07, 6.45) is 3.82. The lowest BCUT2D eigenvalue weighted by Gasteiger charge is -2.56. The SMILES string of the molecule is C[C@H]1C[C@H]2[C@@H]3C[C@H](F)C4=CC(=O)C=C[C@]4(C)[C@@]34O[C@H]4C[C@]2(C)[C@@]1(O)C(=O)CCC(=O)O. The zero-order valence-corrected chi connectivity index (χ0v) is 18.1. The van der Waals surface area contributed by atoms with E-state index in [9.17, 15) is 19.5 Å². The summed E-state index contributed by atoms with van der Waals surface area (Å²) >= 11 is 0. The maximum atomic E-state index is 15.4. The van der Waals surface area contributed by atoms with E-state index in [2.05, 4.69) is 0 Å². The third kappa shape index (κ3) is 2.31. The monoisotopic (exact) mass is 432 g/mol. The molecule has 9 atom stereocenters. The van der Waals surface area contributed by atoms with Crippen LogP contribution in [-0.4, -0.2) is 51.2 Å². The number of carbonyl (C=O) groups excluding carboxylic acids is 2. The number of hydrogen-bond acceptors (Lipinski definition) is 5. The lowest BCUT2D eigenvalue weighted by molar-refractivity contribution is -0.164. The molecule has 1 saturated heterocycles. The predicted octanol–water partition coefficient (Wildman–Crippen LogP) is 2.78. The number of carbonyl (C=O) groups is 3. The topological polar surface area (TPSA) is 104 Å². The molecule has 31 heavy (non-hydrogen) atoms. The number of halogens is 1. The van der Waals surface area contributed by atoms with Gasteiger partial charge in [-0.2, -0.15) is 0 Å². The van der Waals surface area contributed by atoms with Crippen LogP contribution >= 0.6 is 0 Å². The van der Waals surface area contributed by atoms with Crippen molar-refractivity contribution in [2.24, 2.45) is 28.6 Å². The number of rotatable bonds is 4. The van der Waals surface area contributed by atoms with E-state index in [1.165, 1.54) is 12.2 Å². The first-order chi connectivity index (χ1) is 14.4. The molecule has 0 amide bonds. The van der Waals surface area contributed by atoms with Crippen LogP contribution < -0.4 is 0 Å². The number of allylic oxidation sites excluding steroid dienone is 2. The van der Waals surface area contributed by atoms with Crippen LogP contribution in [0.5, 0.6) is 0 Å². The number of alkyl halides is 1. The highest BCUT2D eigenvalue weighted by atomic mass is 19.1. The van der Waals surface area contributed by atoms with Crippen molar-refractivity contribution in [3.63, 3.8) is 0 Å². The van der Waals surface area contributed by atoms with Crippen molar-refractivity contribution in [2.75, 3.05) is 0 Å². The molecule has 0 unspecified atom stereocenters. The molecular formula is C24H29FO6. The molecule has 5 aliphatic rings. The zero-order valence-electron chi connectivity index (χ0n) is 18.1. The van der Waals surface area contributed by atoms with E-state index >= 15 is 4.39 Å². The van der Waals surface area contributed by atoms with Crippen LogP contribution in [0.1, 0.15) is 52.9 Å². The summed E-state index contributed by atoms with van der Waals surface area (Å²) < 4.78 is 21.8. The molecule has 7 heteroatoms. The number of aliphatic carboxylic acids is 1. The second kappa shape index (κ2) is 6.13. The van der Waals surface area contributed by atoms with Crippen LogP contribution in [0.4, 0.5) is 4.39 Å². The molecule has 1 aliphatic heterocycles. The highest BCUT2D eigenvalue weighted by Gasteiger charge is 2.82. The third-order valence-corrected chi connectivity index (χ3v) is 9.49. The van der Waals surface area contributed by atoms with Crippen molar-refractivity contribution in [1.29, 1.82) is 0 Å². The summed E-state index contributed by atoms with van der Waals surface area (Å²) in [6.45, 7) is 5.67. The van der Waals surface area contributed by atoms with Gasteiger partial charge in [-0.3, -0.25) is 14.4 Å². The molecule has 0 radical (unpaired) electrons. The fraction of sp³-hybridized carbons (Fsp3) is 0.708. The summed E-state index contributed by atoms with van der Waals surface area (Å²) in [4.78, 5) is 36.1. The van der Waals surface area contributed by atoms with E-state index in [1.54, 1.807) is 6.08 Å². The van der Waals surface area contributed by atoms with Gasteiger partial charge in [0, 0.05) is 17.3 Å². The number of carboxylic acids is 1. The standard InChI is InChI=1S/C24H29FO6/c1-12-8-14-15-10-17(25)16-9-13(26)6-7-21(16,2)24(15)19(31-24)11-22(14,3)23(12,30)18(27)4-5-20(28)29/h6-7,9,12,14-15,17,19,30H,4-5,8,10-11H2,1-3H3,(H,28,29)/t12-,14-,15-,17-,19-,21-,22-,23-,24+/m0/s1. The Hall–Kier alpha value is -1.86. The predicted molar refractivity (Wildman–Crippen MR) is 108 cm³/mol. The van der Waals surface area contributed by atoms with Gasteiger partial charge in [0.1, 0.15) is 17.4 Å². The van der Waals surface area contributed by atoms with Crippen molar-refractivity contribution >= 4 is 17.5 Å². The van der Waals surface area contributed by atoms with Crippen LogP contribution in [0, 0.1) is 28.6 Å². The van der Waals surface area contributed by atoms with Crippen molar-refractivity contribution < 1.29 is 33.7 Å². The Bertz CT molecular complexity index is 956. The van der Waals surface area contributed by atoms with Crippen molar-refractivity contribution in [3.05, 3.63) is 23.8 Å². The highest BCUT2D eigenvalue weighted by molar-refractivity contribution is 6.01. The summed E-state index contributed by atoms with van der Waals surface area (Å²) in [5, 5.41) is 20.8. The number of ketones is 2. The van der Waals surface area contributed by atoms with Crippen LogP contribution in [0.3, 0.4) is 0 Å². The highest BCUT2D eigenvalue weighted by Crippen LogP contribution is 2.76. The molecule has 168 valence electrons. The van der Waals surface area contributed by atoms with E-state index in [-0.39, 0.29) is 48.9 Å². The molecule has 0 aromatic heterocycles. The molecule has 1 spiro atoms. The smallest absolute Gasteiger partial charge is 0.303 e. The normalized spacial score (nSPS) is 51.8. The third-order valence-electron chi connectivity index (χ3n) is 9.49. The minimum absolute atomic E-state index is 0.136. The molecule has 4 fully saturated rings. The lowest BCUT2D eigenvalue weighted by atomic mass is 9.46. The number of aliphatic hydroxyl groups is 1. The van der Waals surface area contributed by atoms with Crippen LogP contribution in [0.2, 0.25) is 0 Å². The molecule has 1 heterocycles. The van der Waals surface area contributed by atoms with Gasteiger partial charge in [-0.15, -0.1) is 0 Å². The van der Waals surface area contributed by atoms with Crippen molar-refractivity contribution in [3.8, 4) is 0 Å². The number of hydrogen-bond donors (Lipinski definition) is 2. The molecule has 0 bridgehead atoms. The van der Waals surface area contributed by atoms with Crippen LogP contribution in [0.15, 0.2) is 23.8 Å². The fourth-order valence-corrected chi connectivity index (χ4v) is 7.98. The number of fused-ring (bicyclic) bond motifs is 3. The van der Waals surface area contributed by atoms with Gasteiger partial charge in [0.25, 0.3) is 0 Å². The summed E-state index contributed by atoms with van der Waals surface area (Å²) in [5.74, 6) is -2.42. The summed E-state index contributed by atoms with van der Waals surface area (Å²) in [6, 6.07) is 0. The second-order valence-corrected chi connectivity index (χ2v) is 10.7. The summed E-state index contributed by atoms with van der Waals surface area (Å²) in [5.41, 5.74) is -3.36. The maximum absolute atomic E-state index is 15.4. The van der Waals surface area contributed by atoms with Gasteiger partial charge < -0.3 is 14.9 Å². The van der Waals surface area contributed by atoms with Gasteiger partial charge in [-0.05, 0) is 61.7 Å².